The fourth-order valence-corrected chi connectivity index (χ4v) is 4.37. The van der Waals surface area contributed by atoms with Gasteiger partial charge in [0.25, 0.3) is 0 Å². The van der Waals surface area contributed by atoms with E-state index >= 15 is 0 Å². The molecule has 1 heterocycles. The minimum Gasteiger partial charge on any atom is -0.309 e. The molecule has 0 amide bonds. The van der Waals surface area contributed by atoms with Crippen molar-refractivity contribution in [3.63, 3.8) is 0 Å². The second-order valence-corrected chi connectivity index (χ2v) is 9.09. The van der Waals surface area contributed by atoms with Crippen LogP contribution in [0.25, 0.3) is 0 Å². The lowest BCUT2D eigenvalue weighted by Gasteiger charge is -2.38. The Morgan fingerprint density at radius 2 is 1.81 bits per heavy atom. The van der Waals surface area contributed by atoms with Crippen molar-refractivity contribution < 1.29 is 0 Å². The van der Waals surface area contributed by atoms with E-state index in [0.717, 1.165) is 25.2 Å². The van der Waals surface area contributed by atoms with E-state index in [-0.39, 0.29) is 0 Å². The highest BCUT2D eigenvalue weighted by molar-refractivity contribution is 7.11. The van der Waals surface area contributed by atoms with Crippen LogP contribution < -0.4 is 5.32 Å². The van der Waals surface area contributed by atoms with Crippen molar-refractivity contribution in [1.82, 2.24) is 10.2 Å². The third-order valence-electron chi connectivity index (χ3n) is 5.20. The predicted molar refractivity (Wildman–Crippen MR) is 91.7 cm³/mol. The zero-order valence-electron chi connectivity index (χ0n) is 13.8. The minimum atomic E-state index is 0.571. The maximum Gasteiger partial charge on any atom is 0.0327 e. The molecule has 1 N–H and O–H groups in total. The van der Waals surface area contributed by atoms with Gasteiger partial charge >= 0.3 is 0 Å². The highest BCUT2D eigenvalue weighted by Crippen LogP contribution is 2.37. The van der Waals surface area contributed by atoms with Gasteiger partial charge in [0.15, 0.2) is 0 Å². The van der Waals surface area contributed by atoms with Gasteiger partial charge in [-0.25, -0.2) is 0 Å². The SMILES string of the molecule is CN(Cc1ccc(CNC2CC2)s1)C1CCC(C)(C)CC1. The molecule has 0 atom stereocenters. The summed E-state index contributed by atoms with van der Waals surface area (Å²) in [5.74, 6) is 0. The largest absolute Gasteiger partial charge is 0.309 e. The minimum absolute atomic E-state index is 0.571. The molecule has 0 aliphatic heterocycles. The number of thiophene rings is 1. The lowest BCUT2D eigenvalue weighted by atomic mass is 9.75. The Morgan fingerprint density at radius 1 is 1.14 bits per heavy atom. The van der Waals surface area contributed by atoms with Crippen LogP contribution >= 0.6 is 11.3 Å². The Morgan fingerprint density at radius 3 is 2.48 bits per heavy atom. The molecule has 118 valence electrons. The molecule has 0 spiro atoms. The van der Waals surface area contributed by atoms with Crippen molar-refractivity contribution in [1.29, 1.82) is 0 Å². The normalized spacial score (nSPS) is 22.9. The Kier molecular flexibility index (Phi) is 4.72. The lowest BCUT2D eigenvalue weighted by molar-refractivity contribution is 0.124. The van der Waals surface area contributed by atoms with E-state index in [1.165, 1.54) is 48.3 Å². The second-order valence-electron chi connectivity index (χ2n) is 7.83. The summed E-state index contributed by atoms with van der Waals surface area (Å²) in [5.41, 5.74) is 0.571. The smallest absolute Gasteiger partial charge is 0.0327 e. The van der Waals surface area contributed by atoms with E-state index in [2.05, 4.69) is 43.2 Å². The molecule has 0 radical (unpaired) electrons. The number of rotatable bonds is 6. The standard InChI is InChI=1S/C18H30N2S/c1-18(2)10-8-15(9-11-18)20(3)13-17-7-6-16(21-17)12-19-14-4-5-14/h6-7,14-15,19H,4-5,8-13H2,1-3H3. The summed E-state index contributed by atoms with van der Waals surface area (Å²) in [6.45, 7) is 7.03. The molecule has 3 rings (SSSR count). The molecule has 0 saturated heterocycles. The molecular weight excluding hydrogens is 276 g/mol. The van der Waals surface area contributed by atoms with Gasteiger partial charge in [0.2, 0.25) is 0 Å². The summed E-state index contributed by atoms with van der Waals surface area (Å²) < 4.78 is 0. The Balaban J connectivity index is 1.46. The zero-order chi connectivity index (χ0) is 14.9. The topological polar surface area (TPSA) is 15.3 Å². The van der Waals surface area contributed by atoms with E-state index in [9.17, 15) is 0 Å². The van der Waals surface area contributed by atoms with E-state index in [1.54, 1.807) is 0 Å². The van der Waals surface area contributed by atoms with E-state index in [4.69, 9.17) is 0 Å². The summed E-state index contributed by atoms with van der Waals surface area (Å²) in [4.78, 5) is 5.60. The second kappa shape index (κ2) is 6.39. The highest BCUT2D eigenvalue weighted by atomic mass is 32.1. The number of nitrogens with zero attached hydrogens (tertiary/aromatic N) is 1. The van der Waals surface area contributed by atoms with E-state index in [0.29, 0.717) is 5.41 Å². The molecule has 0 unspecified atom stereocenters. The van der Waals surface area contributed by atoms with Gasteiger partial charge in [-0.1, -0.05) is 13.8 Å². The third-order valence-corrected chi connectivity index (χ3v) is 6.27. The molecule has 2 nitrogen and oxygen atoms in total. The van der Waals surface area contributed by atoms with Crippen molar-refractivity contribution in [2.24, 2.45) is 5.41 Å². The first-order chi connectivity index (χ1) is 10.0. The molecule has 0 aromatic carbocycles. The fourth-order valence-electron chi connectivity index (χ4n) is 3.33. The Labute approximate surface area is 133 Å². The van der Waals surface area contributed by atoms with Gasteiger partial charge in [0.1, 0.15) is 0 Å². The van der Waals surface area contributed by atoms with Crippen LogP contribution in [0.2, 0.25) is 0 Å². The summed E-state index contributed by atoms with van der Waals surface area (Å²) in [7, 11) is 2.31. The molecule has 2 saturated carbocycles. The van der Waals surface area contributed by atoms with Gasteiger partial charge in [-0.3, -0.25) is 4.90 Å². The number of hydrogen-bond donors (Lipinski definition) is 1. The van der Waals surface area contributed by atoms with Gasteiger partial charge in [-0.05, 0) is 63.1 Å². The quantitative estimate of drug-likeness (QED) is 0.838. The van der Waals surface area contributed by atoms with Crippen LogP contribution in [-0.2, 0) is 13.1 Å². The predicted octanol–water partition coefficient (Wildman–Crippen LogP) is 4.40. The maximum absolute atomic E-state index is 3.61. The monoisotopic (exact) mass is 306 g/mol. The van der Waals surface area contributed by atoms with Gasteiger partial charge < -0.3 is 5.32 Å². The number of nitrogens with one attached hydrogen (secondary N) is 1. The summed E-state index contributed by atoms with van der Waals surface area (Å²) in [5, 5.41) is 3.61. The Bertz CT molecular complexity index is 452. The lowest BCUT2D eigenvalue weighted by Crippen LogP contribution is -2.36. The van der Waals surface area contributed by atoms with Crippen LogP contribution in [0.3, 0.4) is 0 Å². The summed E-state index contributed by atoms with van der Waals surface area (Å²) >= 11 is 1.99. The van der Waals surface area contributed by atoms with Crippen LogP contribution in [-0.4, -0.2) is 24.0 Å². The first-order valence-corrected chi connectivity index (χ1v) is 9.35. The van der Waals surface area contributed by atoms with Crippen LogP contribution in [0.4, 0.5) is 0 Å². The number of hydrogen-bond acceptors (Lipinski definition) is 3. The molecule has 3 heteroatoms. The van der Waals surface area contributed by atoms with E-state index in [1.807, 2.05) is 11.3 Å². The van der Waals surface area contributed by atoms with Crippen molar-refractivity contribution in [3.05, 3.63) is 21.9 Å². The van der Waals surface area contributed by atoms with Crippen molar-refractivity contribution in [3.8, 4) is 0 Å². The van der Waals surface area contributed by atoms with Crippen molar-refractivity contribution in [2.45, 2.75) is 77.5 Å². The first-order valence-electron chi connectivity index (χ1n) is 8.53. The van der Waals surface area contributed by atoms with Crippen LogP contribution in [0.5, 0.6) is 0 Å². The molecule has 2 aliphatic carbocycles. The van der Waals surface area contributed by atoms with Crippen molar-refractivity contribution >= 4 is 11.3 Å². The van der Waals surface area contributed by atoms with Gasteiger partial charge in [0, 0.05) is 34.9 Å². The summed E-state index contributed by atoms with van der Waals surface area (Å²) in [6, 6.07) is 6.24. The molecule has 21 heavy (non-hydrogen) atoms. The average Bonchev–Trinajstić information content (AvgIpc) is 3.16. The average molecular weight is 307 g/mol. The fraction of sp³-hybridized carbons (Fsp3) is 0.778. The first kappa shape index (κ1) is 15.5. The van der Waals surface area contributed by atoms with Crippen LogP contribution in [0, 0.1) is 5.41 Å². The van der Waals surface area contributed by atoms with E-state index < -0.39 is 0 Å². The molecule has 1 aromatic rings. The highest BCUT2D eigenvalue weighted by Gasteiger charge is 2.28. The molecule has 2 aliphatic rings. The third kappa shape index (κ3) is 4.54. The van der Waals surface area contributed by atoms with Crippen LogP contribution in [0.1, 0.15) is 62.1 Å². The van der Waals surface area contributed by atoms with Crippen molar-refractivity contribution in [2.75, 3.05) is 7.05 Å². The molecular formula is C18H30N2S. The van der Waals surface area contributed by atoms with Crippen LogP contribution in [0.15, 0.2) is 12.1 Å². The Hall–Kier alpha value is -0.380. The summed E-state index contributed by atoms with van der Waals surface area (Å²) in [6.07, 6.45) is 8.24. The van der Waals surface area contributed by atoms with Gasteiger partial charge in [-0.2, -0.15) is 0 Å². The van der Waals surface area contributed by atoms with Gasteiger partial charge in [0.05, 0.1) is 0 Å². The molecule has 0 bridgehead atoms. The zero-order valence-corrected chi connectivity index (χ0v) is 14.6. The van der Waals surface area contributed by atoms with Gasteiger partial charge in [-0.15, -0.1) is 11.3 Å². The molecule has 1 aromatic heterocycles. The molecule has 2 fully saturated rings. The maximum atomic E-state index is 3.61.